The number of hydrogen-bond acceptors (Lipinski definition) is 2. The quantitative estimate of drug-likeness (QED) is 0.795. The fourth-order valence-electron chi connectivity index (χ4n) is 1.95. The van der Waals surface area contributed by atoms with Crippen LogP contribution in [-0.4, -0.2) is 12.0 Å². The largest absolute Gasteiger partial charge is 0.313 e. The van der Waals surface area contributed by atoms with Gasteiger partial charge in [-0.3, -0.25) is 4.98 Å². The molecular formula is C14H13Br2ClN2. The summed E-state index contributed by atoms with van der Waals surface area (Å²) in [5, 5.41) is 4.06. The molecule has 0 bridgehead atoms. The third-order valence-electron chi connectivity index (χ3n) is 2.89. The second-order valence-corrected chi connectivity index (χ2v) is 6.46. The summed E-state index contributed by atoms with van der Waals surface area (Å²) in [6, 6.07) is 8.20. The van der Waals surface area contributed by atoms with Gasteiger partial charge in [0.2, 0.25) is 0 Å². The molecule has 0 spiro atoms. The summed E-state index contributed by atoms with van der Waals surface area (Å²) >= 11 is 13.2. The highest BCUT2D eigenvalue weighted by Gasteiger charge is 2.14. The summed E-state index contributed by atoms with van der Waals surface area (Å²) in [5.41, 5.74) is 2.25. The zero-order valence-electron chi connectivity index (χ0n) is 10.3. The Bertz CT molecular complexity index is 575. The third-order valence-corrected chi connectivity index (χ3v) is 4.14. The number of benzene rings is 1. The van der Waals surface area contributed by atoms with E-state index in [-0.39, 0.29) is 6.04 Å². The summed E-state index contributed by atoms with van der Waals surface area (Å²) in [6.07, 6.45) is 4.50. The van der Waals surface area contributed by atoms with Crippen LogP contribution in [0.4, 0.5) is 0 Å². The second-order valence-electron chi connectivity index (χ2n) is 4.22. The molecule has 19 heavy (non-hydrogen) atoms. The highest BCUT2D eigenvalue weighted by molar-refractivity contribution is 9.10. The Hall–Kier alpha value is -0.420. The van der Waals surface area contributed by atoms with E-state index in [1.807, 2.05) is 31.4 Å². The van der Waals surface area contributed by atoms with Crippen LogP contribution in [0.25, 0.3) is 0 Å². The monoisotopic (exact) mass is 402 g/mol. The SMILES string of the molecule is CNC(Cc1cncc(Br)c1)c1ccc(Br)cc1Cl. The Morgan fingerprint density at radius 1 is 1.21 bits per heavy atom. The average molecular weight is 405 g/mol. The van der Waals surface area contributed by atoms with Crippen molar-refractivity contribution in [1.29, 1.82) is 0 Å². The van der Waals surface area contributed by atoms with Crippen LogP contribution in [0.3, 0.4) is 0 Å². The van der Waals surface area contributed by atoms with Crippen LogP contribution in [0.5, 0.6) is 0 Å². The molecule has 5 heteroatoms. The van der Waals surface area contributed by atoms with E-state index in [0.717, 1.165) is 31.5 Å². The van der Waals surface area contributed by atoms with Crippen LogP contribution >= 0.6 is 43.5 Å². The average Bonchev–Trinajstić information content (AvgIpc) is 2.37. The van der Waals surface area contributed by atoms with E-state index < -0.39 is 0 Å². The molecule has 100 valence electrons. The van der Waals surface area contributed by atoms with Crippen molar-refractivity contribution in [3.8, 4) is 0 Å². The number of pyridine rings is 1. The Morgan fingerprint density at radius 2 is 2.00 bits per heavy atom. The van der Waals surface area contributed by atoms with Gasteiger partial charge in [0.1, 0.15) is 0 Å². The fraction of sp³-hybridized carbons (Fsp3) is 0.214. The first kappa shape index (κ1) is 15.0. The Kier molecular flexibility index (Phi) is 5.39. The summed E-state index contributed by atoms with van der Waals surface area (Å²) in [6.45, 7) is 0. The molecule has 0 fully saturated rings. The molecule has 1 aromatic carbocycles. The van der Waals surface area contributed by atoms with E-state index in [9.17, 15) is 0 Å². The number of nitrogens with one attached hydrogen (secondary N) is 1. The fourth-order valence-corrected chi connectivity index (χ4v) is 3.17. The van der Waals surface area contributed by atoms with Crippen LogP contribution in [0.2, 0.25) is 5.02 Å². The first-order valence-electron chi connectivity index (χ1n) is 5.82. The van der Waals surface area contributed by atoms with Crippen molar-refractivity contribution < 1.29 is 0 Å². The first-order valence-corrected chi connectivity index (χ1v) is 7.78. The maximum atomic E-state index is 6.31. The van der Waals surface area contributed by atoms with Gasteiger partial charge in [-0.2, -0.15) is 0 Å². The van der Waals surface area contributed by atoms with E-state index in [1.54, 1.807) is 6.20 Å². The van der Waals surface area contributed by atoms with Crippen LogP contribution in [-0.2, 0) is 6.42 Å². The van der Waals surface area contributed by atoms with E-state index in [1.165, 1.54) is 0 Å². The van der Waals surface area contributed by atoms with Gasteiger partial charge in [-0.1, -0.05) is 33.6 Å². The normalized spacial score (nSPS) is 12.4. The molecule has 0 saturated heterocycles. The molecule has 0 amide bonds. The number of likely N-dealkylation sites (N-methyl/N-ethyl adjacent to an activating group) is 1. The molecule has 0 aliphatic rings. The highest BCUT2D eigenvalue weighted by atomic mass is 79.9. The Balaban J connectivity index is 2.25. The van der Waals surface area contributed by atoms with Crippen molar-refractivity contribution >= 4 is 43.5 Å². The summed E-state index contributed by atoms with van der Waals surface area (Å²) in [7, 11) is 1.94. The molecule has 0 aliphatic carbocycles. The van der Waals surface area contributed by atoms with Gasteiger partial charge in [0.15, 0.2) is 0 Å². The number of hydrogen-bond donors (Lipinski definition) is 1. The Morgan fingerprint density at radius 3 is 2.63 bits per heavy atom. The zero-order chi connectivity index (χ0) is 13.8. The minimum atomic E-state index is 0.164. The first-order chi connectivity index (χ1) is 9.10. The number of nitrogens with zero attached hydrogens (tertiary/aromatic N) is 1. The number of aromatic nitrogens is 1. The number of rotatable bonds is 4. The lowest BCUT2D eigenvalue weighted by Gasteiger charge is -2.18. The van der Waals surface area contributed by atoms with Crippen molar-refractivity contribution in [3.05, 3.63) is 61.8 Å². The molecule has 2 rings (SSSR count). The predicted octanol–water partition coefficient (Wildman–Crippen LogP) is 4.76. The second kappa shape index (κ2) is 6.84. The van der Waals surface area contributed by atoms with Gasteiger partial charge in [0.25, 0.3) is 0 Å². The minimum Gasteiger partial charge on any atom is -0.313 e. The van der Waals surface area contributed by atoms with Gasteiger partial charge in [-0.15, -0.1) is 0 Å². The van der Waals surface area contributed by atoms with Crippen molar-refractivity contribution in [3.63, 3.8) is 0 Å². The molecule has 1 heterocycles. The molecule has 2 aromatic rings. The van der Waals surface area contributed by atoms with E-state index in [0.29, 0.717) is 0 Å². The van der Waals surface area contributed by atoms with Crippen molar-refractivity contribution in [2.24, 2.45) is 0 Å². The molecule has 1 N–H and O–H groups in total. The minimum absolute atomic E-state index is 0.164. The van der Waals surface area contributed by atoms with Crippen molar-refractivity contribution in [2.45, 2.75) is 12.5 Å². The lowest BCUT2D eigenvalue weighted by molar-refractivity contribution is 0.591. The smallest absolute Gasteiger partial charge is 0.0465 e. The van der Waals surface area contributed by atoms with E-state index in [4.69, 9.17) is 11.6 Å². The maximum absolute atomic E-state index is 6.31. The Labute approximate surface area is 134 Å². The zero-order valence-corrected chi connectivity index (χ0v) is 14.3. The van der Waals surface area contributed by atoms with Gasteiger partial charge < -0.3 is 5.32 Å². The molecule has 0 saturated carbocycles. The van der Waals surface area contributed by atoms with Crippen molar-refractivity contribution in [2.75, 3.05) is 7.05 Å². The topological polar surface area (TPSA) is 24.9 Å². The summed E-state index contributed by atoms with van der Waals surface area (Å²) in [5.74, 6) is 0. The molecule has 0 aliphatic heterocycles. The third kappa shape index (κ3) is 4.02. The predicted molar refractivity (Wildman–Crippen MR) is 86.6 cm³/mol. The van der Waals surface area contributed by atoms with Crippen LogP contribution in [0.1, 0.15) is 17.2 Å². The van der Waals surface area contributed by atoms with Crippen LogP contribution < -0.4 is 5.32 Å². The molecule has 2 nitrogen and oxygen atoms in total. The molecule has 0 radical (unpaired) electrons. The van der Waals surface area contributed by atoms with Gasteiger partial charge in [-0.25, -0.2) is 0 Å². The lowest BCUT2D eigenvalue weighted by Crippen LogP contribution is -2.19. The molecule has 1 atom stereocenters. The standard InChI is InChI=1S/C14H13Br2ClN2/c1-18-14(5-9-4-11(16)8-19-7-9)12-3-2-10(15)6-13(12)17/h2-4,6-8,14,18H,5H2,1H3. The van der Waals surface area contributed by atoms with Gasteiger partial charge >= 0.3 is 0 Å². The van der Waals surface area contributed by atoms with Gasteiger partial charge in [-0.05, 0) is 58.7 Å². The maximum Gasteiger partial charge on any atom is 0.0465 e. The van der Waals surface area contributed by atoms with Crippen LogP contribution in [0.15, 0.2) is 45.6 Å². The summed E-state index contributed by atoms with van der Waals surface area (Å²) < 4.78 is 1.97. The lowest BCUT2D eigenvalue weighted by atomic mass is 10.00. The molecule has 1 aromatic heterocycles. The highest BCUT2D eigenvalue weighted by Crippen LogP contribution is 2.28. The molecule has 1 unspecified atom stereocenters. The van der Waals surface area contributed by atoms with Crippen LogP contribution in [0, 0.1) is 0 Å². The van der Waals surface area contributed by atoms with E-state index in [2.05, 4.69) is 48.2 Å². The van der Waals surface area contributed by atoms with Crippen molar-refractivity contribution in [1.82, 2.24) is 10.3 Å². The number of halogens is 3. The van der Waals surface area contributed by atoms with Gasteiger partial charge in [0.05, 0.1) is 0 Å². The van der Waals surface area contributed by atoms with Gasteiger partial charge in [0, 0.05) is 32.4 Å². The van der Waals surface area contributed by atoms with E-state index >= 15 is 0 Å². The summed E-state index contributed by atoms with van der Waals surface area (Å²) in [4.78, 5) is 4.19. The molecular weight excluding hydrogens is 391 g/mol.